The van der Waals surface area contributed by atoms with Gasteiger partial charge in [0.05, 0.1) is 5.02 Å². The summed E-state index contributed by atoms with van der Waals surface area (Å²) in [6.45, 7) is 3.74. The van der Waals surface area contributed by atoms with Gasteiger partial charge in [-0.3, -0.25) is 0 Å². The van der Waals surface area contributed by atoms with Gasteiger partial charge in [-0.15, -0.1) is 0 Å². The van der Waals surface area contributed by atoms with Crippen LogP contribution in [0.5, 0.6) is 0 Å². The fraction of sp³-hybridized carbons (Fsp3) is 0.105. The molecule has 0 amide bonds. The standard InChI is InChI=1S/C19H17ClN2O/c1-4-17-21-18(13-9-11-14(12-10-13)22(2)3)19(23-17)15-7-5-6-8-16(15)20/h4-12H,1H2,2-3H3. The Morgan fingerprint density at radius 3 is 2.39 bits per heavy atom. The summed E-state index contributed by atoms with van der Waals surface area (Å²) in [6.07, 6.45) is 1.60. The van der Waals surface area contributed by atoms with Crippen LogP contribution >= 0.6 is 11.6 Å². The second-order valence-corrected chi connectivity index (χ2v) is 5.76. The fourth-order valence-electron chi connectivity index (χ4n) is 2.36. The zero-order valence-corrected chi connectivity index (χ0v) is 13.8. The Balaban J connectivity index is 2.14. The third-order valence-electron chi connectivity index (χ3n) is 3.59. The van der Waals surface area contributed by atoms with Crippen molar-refractivity contribution in [2.45, 2.75) is 0 Å². The Labute approximate surface area is 140 Å². The molecule has 116 valence electrons. The maximum absolute atomic E-state index is 6.32. The van der Waals surface area contributed by atoms with E-state index in [-0.39, 0.29) is 0 Å². The molecule has 0 bridgehead atoms. The van der Waals surface area contributed by atoms with Gasteiger partial charge in [0.25, 0.3) is 0 Å². The van der Waals surface area contributed by atoms with Gasteiger partial charge in [-0.25, -0.2) is 4.98 Å². The Morgan fingerprint density at radius 1 is 1.09 bits per heavy atom. The van der Waals surface area contributed by atoms with Crippen LogP contribution in [0.4, 0.5) is 5.69 Å². The molecule has 23 heavy (non-hydrogen) atoms. The first-order valence-corrected chi connectivity index (χ1v) is 7.64. The zero-order chi connectivity index (χ0) is 16.4. The van der Waals surface area contributed by atoms with E-state index in [1.165, 1.54) is 0 Å². The number of nitrogens with zero attached hydrogens (tertiary/aromatic N) is 2. The largest absolute Gasteiger partial charge is 0.436 e. The Kier molecular flexibility index (Phi) is 4.22. The summed E-state index contributed by atoms with van der Waals surface area (Å²) in [4.78, 5) is 6.59. The molecular formula is C19H17ClN2O. The predicted molar refractivity (Wildman–Crippen MR) is 96.8 cm³/mol. The van der Waals surface area contributed by atoms with E-state index >= 15 is 0 Å². The van der Waals surface area contributed by atoms with E-state index in [1.807, 2.05) is 62.6 Å². The SMILES string of the molecule is C=Cc1nc(-c2ccc(N(C)C)cc2)c(-c2ccccc2Cl)o1. The highest BCUT2D eigenvalue weighted by atomic mass is 35.5. The van der Waals surface area contributed by atoms with Crippen molar-refractivity contribution in [2.75, 3.05) is 19.0 Å². The van der Waals surface area contributed by atoms with Gasteiger partial charge in [0.2, 0.25) is 5.89 Å². The molecular weight excluding hydrogens is 308 g/mol. The number of hydrogen-bond acceptors (Lipinski definition) is 3. The molecule has 0 radical (unpaired) electrons. The fourth-order valence-corrected chi connectivity index (χ4v) is 2.59. The zero-order valence-electron chi connectivity index (χ0n) is 13.1. The van der Waals surface area contributed by atoms with Crippen molar-refractivity contribution in [3.8, 4) is 22.6 Å². The van der Waals surface area contributed by atoms with Crippen LogP contribution in [0.15, 0.2) is 59.5 Å². The maximum Gasteiger partial charge on any atom is 0.219 e. The van der Waals surface area contributed by atoms with Crippen LogP contribution in [0.2, 0.25) is 5.02 Å². The summed E-state index contributed by atoms with van der Waals surface area (Å²) in [6, 6.07) is 15.7. The van der Waals surface area contributed by atoms with Gasteiger partial charge in [0, 0.05) is 30.9 Å². The molecule has 1 aromatic heterocycles. The van der Waals surface area contributed by atoms with Crippen LogP contribution in [0, 0.1) is 0 Å². The third kappa shape index (κ3) is 3.01. The summed E-state index contributed by atoms with van der Waals surface area (Å²) < 4.78 is 5.84. The molecule has 0 atom stereocenters. The van der Waals surface area contributed by atoms with Gasteiger partial charge >= 0.3 is 0 Å². The Bertz CT molecular complexity index is 835. The number of rotatable bonds is 4. The first-order valence-electron chi connectivity index (χ1n) is 7.26. The van der Waals surface area contributed by atoms with Crippen molar-refractivity contribution in [3.63, 3.8) is 0 Å². The highest BCUT2D eigenvalue weighted by Crippen LogP contribution is 2.37. The van der Waals surface area contributed by atoms with E-state index in [0.717, 1.165) is 22.5 Å². The average Bonchev–Trinajstić information content (AvgIpc) is 2.99. The minimum Gasteiger partial charge on any atom is -0.436 e. The molecule has 0 aliphatic rings. The number of oxazole rings is 1. The quantitative estimate of drug-likeness (QED) is 0.646. The normalized spacial score (nSPS) is 10.6. The summed E-state index contributed by atoms with van der Waals surface area (Å²) in [5.41, 5.74) is 3.68. The lowest BCUT2D eigenvalue weighted by Crippen LogP contribution is -2.07. The van der Waals surface area contributed by atoms with Crippen LogP contribution in [-0.2, 0) is 0 Å². The summed E-state index contributed by atoms with van der Waals surface area (Å²) in [5, 5.41) is 0.630. The van der Waals surface area contributed by atoms with Gasteiger partial charge in [-0.1, -0.05) is 42.4 Å². The molecule has 3 rings (SSSR count). The molecule has 0 aliphatic carbocycles. The van der Waals surface area contributed by atoms with Gasteiger partial charge in [0.15, 0.2) is 5.76 Å². The third-order valence-corrected chi connectivity index (χ3v) is 3.92. The molecule has 0 aliphatic heterocycles. The highest BCUT2D eigenvalue weighted by molar-refractivity contribution is 6.33. The molecule has 0 N–H and O–H groups in total. The van der Waals surface area contributed by atoms with Crippen molar-refractivity contribution >= 4 is 23.4 Å². The molecule has 2 aromatic carbocycles. The van der Waals surface area contributed by atoms with E-state index in [0.29, 0.717) is 16.7 Å². The first-order chi connectivity index (χ1) is 11.1. The van der Waals surface area contributed by atoms with E-state index in [4.69, 9.17) is 16.0 Å². The van der Waals surface area contributed by atoms with Gasteiger partial charge in [-0.05, 0) is 30.3 Å². The molecule has 3 nitrogen and oxygen atoms in total. The number of hydrogen-bond donors (Lipinski definition) is 0. The topological polar surface area (TPSA) is 29.3 Å². The lowest BCUT2D eigenvalue weighted by Gasteiger charge is -2.12. The smallest absolute Gasteiger partial charge is 0.219 e. The Hall–Kier alpha value is -2.52. The molecule has 0 fully saturated rings. The molecule has 0 saturated carbocycles. The van der Waals surface area contributed by atoms with Crippen molar-refractivity contribution in [1.29, 1.82) is 0 Å². The molecule has 3 aromatic rings. The van der Waals surface area contributed by atoms with Crippen LogP contribution in [0.25, 0.3) is 28.7 Å². The van der Waals surface area contributed by atoms with Gasteiger partial charge < -0.3 is 9.32 Å². The van der Waals surface area contributed by atoms with Crippen LogP contribution in [0.3, 0.4) is 0 Å². The van der Waals surface area contributed by atoms with Gasteiger partial charge in [0.1, 0.15) is 5.69 Å². The number of aromatic nitrogens is 1. The number of halogens is 1. The Morgan fingerprint density at radius 2 is 1.78 bits per heavy atom. The van der Waals surface area contributed by atoms with E-state index in [9.17, 15) is 0 Å². The van der Waals surface area contributed by atoms with E-state index in [1.54, 1.807) is 6.08 Å². The minimum absolute atomic E-state index is 0.478. The van der Waals surface area contributed by atoms with Crippen molar-refractivity contribution in [1.82, 2.24) is 4.98 Å². The van der Waals surface area contributed by atoms with Crippen molar-refractivity contribution in [3.05, 3.63) is 66.0 Å². The molecule has 0 spiro atoms. The van der Waals surface area contributed by atoms with Crippen LogP contribution in [-0.4, -0.2) is 19.1 Å². The van der Waals surface area contributed by atoms with Gasteiger partial charge in [-0.2, -0.15) is 0 Å². The highest BCUT2D eigenvalue weighted by Gasteiger charge is 2.17. The molecule has 1 heterocycles. The molecule has 0 unspecified atom stereocenters. The number of anilines is 1. The predicted octanol–water partition coefficient (Wildman–Crippen LogP) is 5.37. The summed E-state index contributed by atoms with van der Waals surface area (Å²) in [7, 11) is 4.02. The number of benzene rings is 2. The lowest BCUT2D eigenvalue weighted by molar-refractivity contribution is 0.560. The molecule has 4 heteroatoms. The summed E-state index contributed by atoms with van der Waals surface area (Å²) in [5.74, 6) is 1.13. The monoisotopic (exact) mass is 324 g/mol. The van der Waals surface area contributed by atoms with E-state index in [2.05, 4.69) is 16.5 Å². The van der Waals surface area contributed by atoms with Crippen molar-refractivity contribution in [2.24, 2.45) is 0 Å². The molecule has 0 saturated heterocycles. The first kappa shape index (κ1) is 15.4. The van der Waals surface area contributed by atoms with Crippen LogP contribution in [0.1, 0.15) is 5.89 Å². The average molecular weight is 325 g/mol. The summed E-state index contributed by atoms with van der Waals surface area (Å²) >= 11 is 6.32. The van der Waals surface area contributed by atoms with Crippen LogP contribution < -0.4 is 4.90 Å². The van der Waals surface area contributed by atoms with E-state index < -0.39 is 0 Å². The minimum atomic E-state index is 0.478. The maximum atomic E-state index is 6.32. The van der Waals surface area contributed by atoms with Crippen molar-refractivity contribution < 1.29 is 4.42 Å². The second kappa shape index (κ2) is 6.31. The second-order valence-electron chi connectivity index (χ2n) is 5.36. The lowest BCUT2D eigenvalue weighted by atomic mass is 10.1.